The molecule has 2 N–H and O–H groups in total. The number of carboxylic acids is 1. The van der Waals surface area contributed by atoms with Crippen molar-refractivity contribution in [2.45, 2.75) is 26.8 Å². The molecule has 0 amide bonds. The number of nitro benzene ring substituents is 1. The Morgan fingerprint density at radius 3 is 2.60 bits per heavy atom. The van der Waals surface area contributed by atoms with Gasteiger partial charge < -0.3 is 15.2 Å². The Morgan fingerprint density at radius 2 is 2.15 bits per heavy atom. The molecule has 0 heterocycles. The van der Waals surface area contributed by atoms with Crippen molar-refractivity contribution in [1.82, 2.24) is 0 Å². The molecule has 0 aliphatic heterocycles. The van der Waals surface area contributed by atoms with E-state index in [1.165, 1.54) is 12.1 Å². The summed E-state index contributed by atoms with van der Waals surface area (Å²) in [6, 6.07) is 3.63. The Morgan fingerprint density at radius 1 is 1.50 bits per heavy atom. The van der Waals surface area contributed by atoms with Gasteiger partial charge in [-0.15, -0.1) is 0 Å². The van der Waals surface area contributed by atoms with Gasteiger partial charge in [0, 0.05) is 0 Å². The Bertz CT molecular complexity index is 502. The monoisotopic (exact) mass is 282 g/mol. The van der Waals surface area contributed by atoms with E-state index < -0.39 is 16.9 Å². The van der Waals surface area contributed by atoms with Crippen molar-refractivity contribution in [3.8, 4) is 5.75 Å². The number of aliphatic carboxylic acids is 1. The number of nitrogens with zero attached hydrogens (tertiary/aromatic N) is 1. The maximum absolute atomic E-state index is 11.2. The molecule has 20 heavy (non-hydrogen) atoms. The van der Waals surface area contributed by atoms with Crippen LogP contribution < -0.4 is 10.1 Å². The molecule has 0 aromatic heterocycles. The Kier molecular flexibility index (Phi) is 5.31. The van der Waals surface area contributed by atoms with Crippen molar-refractivity contribution in [1.29, 1.82) is 0 Å². The number of ether oxygens (including phenoxy) is 1. The summed E-state index contributed by atoms with van der Waals surface area (Å²) >= 11 is 0. The first-order valence-corrected chi connectivity index (χ1v) is 6.28. The standard InChI is InChI=1S/C13H18N2O5/c1-4-20-10-7-5-6-9(12(10)15(18)19)14-11(8(2)3)13(16)17/h5-8,11,14H,4H2,1-3H3,(H,16,17). The van der Waals surface area contributed by atoms with Gasteiger partial charge >= 0.3 is 11.7 Å². The summed E-state index contributed by atoms with van der Waals surface area (Å²) in [6.07, 6.45) is 0. The van der Waals surface area contributed by atoms with Crippen LogP contribution in [0.15, 0.2) is 18.2 Å². The van der Waals surface area contributed by atoms with Crippen molar-refractivity contribution in [3.63, 3.8) is 0 Å². The summed E-state index contributed by atoms with van der Waals surface area (Å²) in [5.74, 6) is -1.16. The molecule has 110 valence electrons. The Labute approximate surface area is 116 Å². The van der Waals surface area contributed by atoms with Gasteiger partial charge in [-0.25, -0.2) is 4.79 Å². The molecule has 1 atom stereocenters. The van der Waals surface area contributed by atoms with Crippen LogP contribution in [0.4, 0.5) is 11.4 Å². The second-order valence-electron chi connectivity index (χ2n) is 4.55. The third kappa shape index (κ3) is 3.59. The van der Waals surface area contributed by atoms with Crippen LogP contribution in [-0.4, -0.2) is 28.6 Å². The average molecular weight is 282 g/mol. The first-order chi connectivity index (χ1) is 9.38. The second-order valence-corrected chi connectivity index (χ2v) is 4.55. The molecule has 7 nitrogen and oxygen atoms in total. The van der Waals surface area contributed by atoms with Gasteiger partial charge in [-0.3, -0.25) is 10.1 Å². The zero-order chi connectivity index (χ0) is 15.3. The number of anilines is 1. The van der Waals surface area contributed by atoms with E-state index >= 15 is 0 Å². The number of benzene rings is 1. The second kappa shape index (κ2) is 6.74. The Balaban J connectivity index is 3.20. The van der Waals surface area contributed by atoms with E-state index in [4.69, 9.17) is 9.84 Å². The van der Waals surface area contributed by atoms with Crippen LogP contribution in [0.2, 0.25) is 0 Å². The number of nitrogens with one attached hydrogen (secondary N) is 1. The third-order valence-electron chi connectivity index (χ3n) is 2.73. The first kappa shape index (κ1) is 15.7. The van der Waals surface area contributed by atoms with Gasteiger partial charge in [0.05, 0.1) is 11.5 Å². The molecule has 0 saturated carbocycles. The van der Waals surface area contributed by atoms with E-state index in [1.807, 2.05) is 0 Å². The topological polar surface area (TPSA) is 102 Å². The van der Waals surface area contributed by atoms with Crippen molar-refractivity contribution in [3.05, 3.63) is 28.3 Å². The summed E-state index contributed by atoms with van der Waals surface area (Å²) in [5.41, 5.74) is -0.108. The van der Waals surface area contributed by atoms with Gasteiger partial charge in [0.2, 0.25) is 0 Å². The van der Waals surface area contributed by atoms with Crippen LogP contribution in [0.1, 0.15) is 20.8 Å². The third-order valence-corrected chi connectivity index (χ3v) is 2.73. The molecule has 1 aromatic carbocycles. The van der Waals surface area contributed by atoms with Crippen molar-refractivity contribution in [2.24, 2.45) is 5.92 Å². The van der Waals surface area contributed by atoms with E-state index in [-0.39, 0.29) is 29.6 Å². The summed E-state index contributed by atoms with van der Waals surface area (Å²) in [6.45, 7) is 5.46. The number of nitro groups is 1. The summed E-state index contributed by atoms with van der Waals surface area (Å²) in [4.78, 5) is 21.8. The summed E-state index contributed by atoms with van der Waals surface area (Å²) < 4.78 is 5.21. The predicted octanol–water partition coefficient (Wildman–Crippen LogP) is 2.51. The van der Waals surface area contributed by atoms with Gasteiger partial charge in [-0.1, -0.05) is 19.9 Å². The molecule has 0 aliphatic carbocycles. The average Bonchev–Trinajstić information content (AvgIpc) is 2.35. The molecular weight excluding hydrogens is 264 g/mol. The SMILES string of the molecule is CCOc1cccc(NC(C(=O)O)C(C)C)c1[N+](=O)[O-]. The van der Waals surface area contributed by atoms with Crippen molar-refractivity contribution < 1.29 is 19.6 Å². The Hall–Kier alpha value is -2.31. The maximum Gasteiger partial charge on any atom is 0.333 e. The highest BCUT2D eigenvalue weighted by atomic mass is 16.6. The zero-order valence-electron chi connectivity index (χ0n) is 11.6. The first-order valence-electron chi connectivity index (χ1n) is 6.28. The fourth-order valence-corrected chi connectivity index (χ4v) is 1.78. The summed E-state index contributed by atoms with van der Waals surface area (Å²) in [5, 5.41) is 23.0. The largest absolute Gasteiger partial charge is 0.487 e. The van der Waals surface area contributed by atoms with Gasteiger partial charge in [-0.05, 0) is 25.0 Å². The lowest BCUT2D eigenvalue weighted by atomic mass is 10.0. The number of hydrogen-bond acceptors (Lipinski definition) is 5. The van der Waals surface area contributed by atoms with Crippen LogP contribution in [0.3, 0.4) is 0 Å². The van der Waals surface area contributed by atoms with Gasteiger partial charge in [0.1, 0.15) is 11.7 Å². The van der Waals surface area contributed by atoms with E-state index in [0.29, 0.717) is 0 Å². The smallest absolute Gasteiger partial charge is 0.333 e. The molecule has 0 saturated heterocycles. The molecule has 0 fully saturated rings. The number of carbonyl (C=O) groups is 1. The molecule has 0 bridgehead atoms. The summed E-state index contributed by atoms with van der Waals surface area (Å²) in [7, 11) is 0. The molecule has 1 aromatic rings. The fourth-order valence-electron chi connectivity index (χ4n) is 1.78. The molecule has 0 aliphatic rings. The van der Waals surface area contributed by atoms with E-state index in [0.717, 1.165) is 0 Å². The van der Waals surface area contributed by atoms with Crippen LogP contribution >= 0.6 is 0 Å². The van der Waals surface area contributed by atoms with Gasteiger partial charge in [0.25, 0.3) is 0 Å². The van der Waals surface area contributed by atoms with E-state index in [1.54, 1.807) is 26.8 Å². The van der Waals surface area contributed by atoms with E-state index in [2.05, 4.69) is 5.32 Å². The van der Waals surface area contributed by atoms with Crippen molar-refractivity contribution in [2.75, 3.05) is 11.9 Å². The van der Waals surface area contributed by atoms with Crippen LogP contribution in [0.5, 0.6) is 5.75 Å². The number of carboxylic acid groups (broad SMARTS) is 1. The normalized spacial score (nSPS) is 12.0. The van der Waals surface area contributed by atoms with Crippen molar-refractivity contribution >= 4 is 17.3 Å². The maximum atomic E-state index is 11.2. The predicted molar refractivity (Wildman–Crippen MR) is 74.1 cm³/mol. The minimum absolute atomic E-state index is 0.121. The molecule has 0 radical (unpaired) electrons. The lowest BCUT2D eigenvalue weighted by molar-refractivity contribution is -0.385. The molecule has 0 spiro atoms. The highest BCUT2D eigenvalue weighted by Gasteiger charge is 2.27. The van der Waals surface area contributed by atoms with E-state index in [9.17, 15) is 14.9 Å². The number of hydrogen-bond donors (Lipinski definition) is 2. The fraction of sp³-hybridized carbons (Fsp3) is 0.462. The van der Waals surface area contributed by atoms with Crippen LogP contribution in [-0.2, 0) is 4.79 Å². The van der Waals surface area contributed by atoms with Crippen LogP contribution in [0, 0.1) is 16.0 Å². The highest BCUT2D eigenvalue weighted by Crippen LogP contribution is 2.35. The zero-order valence-corrected chi connectivity index (χ0v) is 11.6. The minimum atomic E-state index is -1.06. The molecule has 1 rings (SSSR count). The van der Waals surface area contributed by atoms with Gasteiger partial charge in [0.15, 0.2) is 5.75 Å². The van der Waals surface area contributed by atoms with Crippen LogP contribution in [0.25, 0.3) is 0 Å². The number of rotatable bonds is 7. The molecule has 1 unspecified atom stereocenters. The number of para-hydroxylation sites is 1. The quantitative estimate of drug-likeness (QED) is 0.588. The lowest BCUT2D eigenvalue weighted by Gasteiger charge is -2.19. The molecular formula is C13H18N2O5. The minimum Gasteiger partial charge on any atom is -0.487 e. The molecule has 7 heteroatoms. The lowest BCUT2D eigenvalue weighted by Crippen LogP contribution is -2.34. The van der Waals surface area contributed by atoms with Gasteiger partial charge in [-0.2, -0.15) is 0 Å². The highest BCUT2D eigenvalue weighted by molar-refractivity contribution is 5.80.